The summed E-state index contributed by atoms with van der Waals surface area (Å²) in [6.45, 7) is 5.11. The summed E-state index contributed by atoms with van der Waals surface area (Å²) in [6.07, 6.45) is 1.83. The largest absolute Gasteiger partial charge is 0.355 e. The summed E-state index contributed by atoms with van der Waals surface area (Å²) in [7, 11) is 0. The molecule has 0 saturated carbocycles. The van der Waals surface area contributed by atoms with Gasteiger partial charge in [0, 0.05) is 5.69 Å². The number of hydrogen-bond acceptors (Lipinski definition) is 3. The van der Waals surface area contributed by atoms with Crippen LogP contribution in [0.1, 0.15) is 11.3 Å². The first-order chi connectivity index (χ1) is 6.16. The molecule has 0 spiro atoms. The van der Waals surface area contributed by atoms with E-state index >= 15 is 0 Å². The average molecular weight is 176 g/mol. The molecule has 1 fully saturated rings. The molecular formula is C10H12N2O. The van der Waals surface area contributed by atoms with E-state index < -0.39 is 0 Å². The Kier molecular flexibility index (Phi) is 1.79. The molecule has 0 radical (unpaired) electrons. The van der Waals surface area contributed by atoms with Crippen LogP contribution in [0.3, 0.4) is 0 Å². The zero-order chi connectivity index (χ0) is 9.42. The van der Waals surface area contributed by atoms with Crippen LogP contribution in [0.4, 0.5) is 5.69 Å². The first-order valence-electron chi connectivity index (χ1n) is 4.37. The van der Waals surface area contributed by atoms with Crippen LogP contribution in [0.15, 0.2) is 12.3 Å². The van der Waals surface area contributed by atoms with Gasteiger partial charge >= 0.3 is 0 Å². The van der Waals surface area contributed by atoms with Crippen LogP contribution < -0.4 is 4.90 Å². The van der Waals surface area contributed by atoms with E-state index in [-0.39, 0.29) is 0 Å². The molecule has 0 unspecified atom stereocenters. The molecule has 68 valence electrons. The molecule has 1 aliphatic rings. The van der Waals surface area contributed by atoms with Gasteiger partial charge in [0.15, 0.2) is 5.78 Å². The second-order valence-electron chi connectivity index (χ2n) is 3.49. The molecule has 1 saturated heterocycles. The van der Waals surface area contributed by atoms with Crippen molar-refractivity contribution in [1.82, 2.24) is 4.98 Å². The maximum absolute atomic E-state index is 10.8. The molecule has 0 N–H and O–H groups in total. The maximum atomic E-state index is 10.8. The predicted molar refractivity (Wildman–Crippen MR) is 50.9 cm³/mol. The van der Waals surface area contributed by atoms with Gasteiger partial charge in [-0.2, -0.15) is 0 Å². The fraction of sp³-hybridized carbons (Fsp3) is 0.400. The molecule has 0 aliphatic carbocycles. The molecule has 0 bridgehead atoms. The Morgan fingerprint density at radius 1 is 1.38 bits per heavy atom. The third-order valence-corrected chi connectivity index (χ3v) is 2.43. The van der Waals surface area contributed by atoms with Crippen molar-refractivity contribution >= 4 is 11.5 Å². The Morgan fingerprint density at radius 2 is 2.08 bits per heavy atom. The van der Waals surface area contributed by atoms with Crippen LogP contribution in [0, 0.1) is 13.8 Å². The van der Waals surface area contributed by atoms with Crippen molar-refractivity contribution in [3.63, 3.8) is 0 Å². The standard InChI is InChI=1S/C10H12N2O/c1-7-3-9(4-11-8(7)2)12-5-10(13)6-12/h3-4H,5-6H2,1-2H3. The molecule has 2 rings (SSSR count). The number of hydrogen-bond donors (Lipinski definition) is 0. The number of carbonyl (C=O) groups is 1. The summed E-state index contributed by atoms with van der Waals surface area (Å²) in [5, 5.41) is 0. The summed E-state index contributed by atoms with van der Waals surface area (Å²) < 4.78 is 0. The van der Waals surface area contributed by atoms with E-state index in [1.165, 1.54) is 5.56 Å². The highest BCUT2D eigenvalue weighted by atomic mass is 16.1. The minimum absolute atomic E-state index is 0.304. The van der Waals surface area contributed by atoms with Crippen LogP contribution in [0.2, 0.25) is 0 Å². The second-order valence-corrected chi connectivity index (χ2v) is 3.49. The quantitative estimate of drug-likeness (QED) is 0.642. The van der Waals surface area contributed by atoms with Gasteiger partial charge in [0.1, 0.15) is 0 Å². The lowest BCUT2D eigenvalue weighted by Gasteiger charge is -2.31. The van der Waals surface area contributed by atoms with Gasteiger partial charge in [-0.1, -0.05) is 0 Å². The molecule has 0 amide bonds. The minimum Gasteiger partial charge on any atom is -0.355 e. The molecular weight excluding hydrogens is 164 g/mol. The van der Waals surface area contributed by atoms with Crippen LogP contribution in [0.5, 0.6) is 0 Å². The van der Waals surface area contributed by atoms with Crippen molar-refractivity contribution in [1.29, 1.82) is 0 Å². The van der Waals surface area contributed by atoms with Crippen LogP contribution >= 0.6 is 0 Å². The Morgan fingerprint density at radius 3 is 2.62 bits per heavy atom. The monoisotopic (exact) mass is 176 g/mol. The molecule has 3 heteroatoms. The number of aryl methyl sites for hydroxylation is 2. The first-order valence-corrected chi connectivity index (χ1v) is 4.37. The van der Waals surface area contributed by atoms with E-state index in [0.717, 1.165) is 11.4 Å². The van der Waals surface area contributed by atoms with Gasteiger partial charge in [-0.25, -0.2) is 0 Å². The Balaban J connectivity index is 2.22. The summed E-state index contributed by atoms with van der Waals surface area (Å²) >= 11 is 0. The van der Waals surface area contributed by atoms with E-state index in [2.05, 4.69) is 11.1 Å². The fourth-order valence-electron chi connectivity index (χ4n) is 1.36. The Bertz CT molecular complexity index is 352. The van der Waals surface area contributed by atoms with Crippen LogP contribution in [-0.4, -0.2) is 23.9 Å². The smallest absolute Gasteiger partial charge is 0.171 e. The van der Waals surface area contributed by atoms with Crippen LogP contribution in [-0.2, 0) is 4.79 Å². The molecule has 13 heavy (non-hydrogen) atoms. The molecule has 0 aromatic carbocycles. The molecule has 1 aliphatic heterocycles. The number of anilines is 1. The van der Waals surface area contributed by atoms with Gasteiger partial charge in [-0.15, -0.1) is 0 Å². The van der Waals surface area contributed by atoms with E-state index in [1.807, 2.05) is 24.9 Å². The topological polar surface area (TPSA) is 33.2 Å². The lowest BCUT2D eigenvalue weighted by molar-refractivity contribution is -0.119. The van der Waals surface area contributed by atoms with Crippen molar-refractivity contribution in [2.45, 2.75) is 13.8 Å². The minimum atomic E-state index is 0.304. The van der Waals surface area contributed by atoms with Crippen LogP contribution in [0.25, 0.3) is 0 Å². The van der Waals surface area contributed by atoms with Crippen molar-refractivity contribution in [3.05, 3.63) is 23.5 Å². The number of Topliss-reactive ketones (excluding diaryl/α,β-unsaturated/α-hetero) is 1. The molecule has 1 aromatic heterocycles. The SMILES string of the molecule is Cc1cc(N2CC(=O)C2)cnc1C. The first kappa shape index (κ1) is 8.23. The van der Waals surface area contributed by atoms with E-state index in [0.29, 0.717) is 18.9 Å². The highest BCUT2D eigenvalue weighted by molar-refractivity contribution is 5.95. The zero-order valence-corrected chi connectivity index (χ0v) is 7.87. The van der Waals surface area contributed by atoms with Crippen molar-refractivity contribution < 1.29 is 4.79 Å². The number of rotatable bonds is 1. The van der Waals surface area contributed by atoms with E-state index in [9.17, 15) is 4.79 Å². The lowest BCUT2D eigenvalue weighted by Crippen LogP contribution is -2.47. The summed E-state index contributed by atoms with van der Waals surface area (Å²) in [6, 6.07) is 2.08. The molecule has 2 heterocycles. The van der Waals surface area contributed by atoms with Gasteiger partial charge in [0.2, 0.25) is 0 Å². The van der Waals surface area contributed by atoms with E-state index in [1.54, 1.807) is 0 Å². The van der Waals surface area contributed by atoms with Gasteiger partial charge in [0.25, 0.3) is 0 Å². The number of nitrogens with zero attached hydrogens (tertiary/aromatic N) is 2. The third-order valence-electron chi connectivity index (χ3n) is 2.43. The normalized spacial score (nSPS) is 15.8. The van der Waals surface area contributed by atoms with Gasteiger partial charge in [-0.3, -0.25) is 9.78 Å². The number of aromatic nitrogens is 1. The number of pyridine rings is 1. The van der Waals surface area contributed by atoms with Gasteiger partial charge < -0.3 is 4.90 Å². The lowest BCUT2D eigenvalue weighted by atomic mass is 10.1. The average Bonchev–Trinajstić information content (AvgIpc) is 2.05. The molecule has 3 nitrogen and oxygen atoms in total. The summed E-state index contributed by atoms with van der Waals surface area (Å²) in [5.74, 6) is 0.304. The van der Waals surface area contributed by atoms with Gasteiger partial charge in [-0.05, 0) is 25.5 Å². The van der Waals surface area contributed by atoms with Crippen molar-refractivity contribution in [2.75, 3.05) is 18.0 Å². The number of ketones is 1. The fourth-order valence-corrected chi connectivity index (χ4v) is 1.36. The summed E-state index contributed by atoms with van der Waals surface area (Å²) in [4.78, 5) is 17.1. The van der Waals surface area contributed by atoms with E-state index in [4.69, 9.17) is 0 Å². The molecule has 0 atom stereocenters. The summed E-state index contributed by atoms with van der Waals surface area (Å²) in [5.41, 5.74) is 3.29. The highest BCUT2D eigenvalue weighted by Gasteiger charge is 2.23. The number of carbonyl (C=O) groups excluding carboxylic acids is 1. The predicted octanol–water partition coefficient (Wildman–Crippen LogP) is 1.09. The van der Waals surface area contributed by atoms with Crippen molar-refractivity contribution in [3.8, 4) is 0 Å². The third kappa shape index (κ3) is 1.41. The maximum Gasteiger partial charge on any atom is 0.171 e. The second kappa shape index (κ2) is 2.83. The Labute approximate surface area is 77.4 Å². The Hall–Kier alpha value is -1.38. The van der Waals surface area contributed by atoms with Crippen molar-refractivity contribution in [2.24, 2.45) is 0 Å². The van der Waals surface area contributed by atoms with Gasteiger partial charge in [0.05, 0.1) is 25.0 Å². The zero-order valence-electron chi connectivity index (χ0n) is 7.87. The molecule has 1 aromatic rings. The highest BCUT2D eigenvalue weighted by Crippen LogP contribution is 2.19.